The van der Waals surface area contributed by atoms with Gasteiger partial charge in [-0.15, -0.1) is 0 Å². The number of rotatable bonds is 2. The molecule has 0 aromatic carbocycles. The number of hydrogen-bond donors (Lipinski definition) is 0. The molecule has 3 unspecified atom stereocenters. The van der Waals surface area contributed by atoms with Gasteiger partial charge < -0.3 is 4.74 Å². The Balaban J connectivity index is 2.09. The molecule has 2 fully saturated rings. The van der Waals surface area contributed by atoms with Crippen LogP contribution in [0.25, 0.3) is 0 Å². The van der Waals surface area contributed by atoms with Crippen molar-refractivity contribution >= 4 is 5.97 Å². The Kier molecular flexibility index (Phi) is 2.61. The zero-order chi connectivity index (χ0) is 11.1. The van der Waals surface area contributed by atoms with Crippen LogP contribution in [0.2, 0.25) is 0 Å². The summed E-state index contributed by atoms with van der Waals surface area (Å²) in [6, 6.07) is 0. The zero-order valence-corrected chi connectivity index (χ0v) is 9.82. The maximum Gasteiger partial charge on any atom is 0.330 e. The Morgan fingerprint density at radius 2 is 2.13 bits per heavy atom. The molecular weight excluding hydrogens is 188 g/mol. The molecule has 2 saturated carbocycles. The lowest BCUT2D eigenvalue weighted by atomic mass is 9.68. The van der Waals surface area contributed by atoms with Crippen LogP contribution >= 0.6 is 0 Å². The van der Waals surface area contributed by atoms with Crippen LogP contribution in [-0.4, -0.2) is 13.1 Å². The van der Waals surface area contributed by atoms with Gasteiger partial charge in [-0.2, -0.15) is 0 Å². The summed E-state index contributed by atoms with van der Waals surface area (Å²) >= 11 is 0. The molecule has 2 heteroatoms. The van der Waals surface area contributed by atoms with Gasteiger partial charge in [-0.1, -0.05) is 19.9 Å². The van der Waals surface area contributed by atoms with Crippen LogP contribution in [0, 0.1) is 23.2 Å². The van der Waals surface area contributed by atoms with Gasteiger partial charge in [0.1, 0.15) is 0 Å². The first-order chi connectivity index (χ1) is 7.05. The number of carbonyl (C=O) groups is 1. The van der Waals surface area contributed by atoms with Crippen LogP contribution in [0.1, 0.15) is 33.1 Å². The lowest BCUT2D eigenvalue weighted by Crippen LogP contribution is -2.29. The molecular formula is C13H20O2. The van der Waals surface area contributed by atoms with Gasteiger partial charge in [0, 0.05) is 6.08 Å². The van der Waals surface area contributed by atoms with E-state index in [1.54, 1.807) is 6.08 Å². The third-order valence-corrected chi connectivity index (χ3v) is 4.53. The molecule has 0 N–H and O–H groups in total. The molecule has 0 aromatic rings. The largest absolute Gasteiger partial charge is 0.466 e. The van der Waals surface area contributed by atoms with Gasteiger partial charge in [0.25, 0.3) is 0 Å². The quantitative estimate of drug-likeness (QED) is 0.515. The molecule has 3 atom stereocenters. The minimum absolute atomic E-state index is 0.228. The summed E-state index contributed by atoms with van der Waals surface area (Å²) in [6.07, 6.45) is 7.75. The average Bonchev–Trinajstić information content (AvgIpc) is 2.74. The van der Waals surface area contributed by atoms with Crippen molar-refractivity contribution in [3.63, 3.8) is 0 Å². The van der Waals surface area contributed by atoms with Crippen LogP contribution in [0.15, 0.2) is 12.2 Å². The molecule has 2 aliphatic rings. The Labute approximate surface area is 91.7 Å². The van der Waals surface area contributed by atoms with Crippen LogP contribution < -0.4 is 0 Å². The van der Waals surface area contributed by atoms with Crippen molar-refractivity contribution in [3.05, 3.63) is 12.2 Å². The van der Waals surface area contributed by atoms with Gasteiger partial charge in [0.05, 0.1) is 7.11 Å². The average molecular weight is 208 g/mol. The highest BCUT2D eigenvalue weighted by atomic mass is 16.5. The first kappa shape index (κ1) is 10.7. The van der Waals surface area contributed by atoms with E-state index in [1.807, 2.05) is 0 Å². The topological polar surface area (TPSA) is 26.3 Å². The van der Waals surface area contributed by atoms with E-state index in [0.717, 1.165) is 11.8 Å². The predicted octanol–water partition coefficient (Wildman–Crippen LogP) is 2.79. The second-order valence-electron chi connectivity index (χ2n) is 5.50. The molecule has 0 heterocycles. The summed E-state index contributed by atoms with van der Waals surface area (Å²) in [5, 5.41) is 0. The molecule has 2 rings (SSSR count). The lowest BCUT2D eigenvalue weighted by Gasteiger charge is -2.36. The summed E-state index contributed by atoms with van der Waals surface area (Å²) in [7, 11) is 1.43. The van der Waals surface area contributed by atoms with E-state index in [9.17, 15) is 4.79 Å². The summed E-state index contributed by atoms with van der Waals surface area (Å²) in [6.45, 7) is 4.67. The minimum atomic E-state index is -0.228. The van der Waals surface area contributed by atoms with Gasteiger partial charge in [-0.3, -0.25) is 0 Å². The highest BCUT2D eigenvalue weighted by Crippen LogP contribution is 2.59. The van der Waals surface area contributed by atoms with E-state index >= 15 is 0 Å². The summed E-state index contributed by atoms with van der Waals surface area (Å²) in [5.41, 5.74) is 0.368. The molecule has 84 valence electrons. The fourth-order valence-corrected chi connectivity index (χ4v) is 3.55. The van der Waals surface area contributed by atoms with Gasteiger partial charge in [0.2, 0.25) is 0 Å². The van der Waals surface area contributed by atoms with E-state index in [4.69, 9.17) is 0 Å². The first-order valence-corrected chi connectivity index (χ1v) is 5.82. The van der Waals surface area contributed by atoms with E-state index in [-0.39, 0.29) is 5.97 Å². The maximum absolute atomic E-state index is 11.1. The summed E-state index contributed by atoms with van der Waals surface area (Å²) in [5.74, 6) is 1.99. The Morgan fingerprint density at radius 3 is 2.67 bits per heavy atom. The number of allylic oxidation sites excluding steroid dienone is 1. The Hall–Kier alpha value is -0.790. The maximum atomic E-state index is 11.1. The number of ether oxygens (including phenoxy) is 1. The van der Waals surface area contributed by atoms with Crippen molar-refractivity contribution in [1.29, 1.82) is 0 Å². The monoisotopic (exact) mass is 208 g/mol. The number of methoxy groups -OCH3 is 1. The molecule has 2 nitrogen and oxygen atoms in total. The van der Waals surface area contributed by atoms with Crippen LogP contribution in [0.5, 0.6) is 0 Å². The van der Waals surface area contributed by atoms with E-state index in [1.165, 1.54) is 26.4 Å². The fourth-order valence-electron chi connectivity index (χ4n) is 3.55. The van der Waals surface area contributed by atoms with Crippen molar-refractivity contribution in [1.82, 2.24) is 0 Å². The standard InChI is InChI=1S/C13H20O2/c1-13(2)10-5-4-9(8-10)11(13)6-7-12(14)15-3/h6-7,9-11H,4-5,8H2,1-3H3/b7-6+. The van der Waals surface area contributed by atoms with Crippen molar-refractivity contribution < 1.29 is 9.53 Å². The normalized spacial score (nSPS) is 37.4. The molecule has 0 radical (unpaired) electrons. The number of carbonyl (C=O) groups excluding carboxylic acids is 1. The molecule has 0 saturated heterocycles. The van der Waals surface area contributed by atoms with Crippen molar-refractivity contribution in [2.24, 2.45) is 23.2 Å². The second-order valence-corrected chi connectivity index (χ2v) is 5.50. The Morgan fingerprint density at radius 1 is 1.40 bits per heavy atom. The van der Waals surface area contributed by atoms with Crippen molar-refractivity contribution in [2.75, 3.05) is 7.11 Å². The van der Waals surface area contributed by atoms with E-state index in [0.29, 0.717) is 11.3 Å². The zero-order valence-electron chi connectivity index (χ0n) is 9.82. The third-order valence-electron chi connectivity index (χ3n) is 4.53. The fraction of sp³-hybridized carbons (Fsp3) is 0.769. The number of esters is 1. The molecule has 0 spiro atoms. The lowest BCUT2D eigenvalue weighted by molar-refractivity contribution is -0.134. The van der Waals surface area contributed by atoms with Crippen LogP contribution in [-0.2, 0) is 9.53 Å². The van der Waals surface area contributed by atoms with Crippen LogP contribution in [0.3, 0.4) is 0 Å². The van der Waals surface area contributed by atoms with Gasteiger partial charge in [0.15, 0.2) is 0 Å². The predicted molar refractivity (Wildman–Crippen MR) is 59.3 cm³/mol. The minimum Gasteiger partial charge on any atom is -0.466 e. The number of fused-ring (bicyclic) bond motifs is 2. The molecule has 0 aromatic heterocycles. The second kappa shape index (κ2) is 3.66. The smallest absolute Gasteiger partial charge is 0.330 e. The third kappa shape index (κ3) is 1.70. The highest BCUT2D eigenvalue weighted by Gasteiger charge is 2.51. The number of hydrogen-bond acceptors (Lipinski definition) is 2. The van der Waals surface area contributed by atoms with Crippen molar-refractivity contribution in [3.8, 4) is 0 Å². The van der Waals surface area contributed by atoms with Gasteiger partial charge in [-0.05, 0) is 42.4 Å². The summed E-state index contributed by atoms with van der Waals surface area (Å²) in [4.78, 5) is 11.1. The van der Waals surface area contributed by atoms with E-state index in [2.05, 4.69) is 24.7 Å². The molecule has 0 amide bonds. The molecule has 2 aliphatic carbocycles. The first-order valence-electron chi connectivity index (χ1n) is 5.82. The highest BCUT2D eigenvalue weighted by molar-refractivity contribution is 5.81. The van der Waals surface area contributed by atoms with Gasteiger partial charge >= 0.3 is 5.97 Å². The molecule has 0 aliphatic heterocycles. The molecule has 2 bridgehead atoms. The molecule has 15 heavy (non-hydrogen) atoms. The summed E-state index contributed by atoms with van der Waals surface area (Å²) < 4.78 is 4.63. The van der Waals surface area contributed by atoms with Crippen molar-refractivity contribution in [2.45, 2.75) is 33.1 Å². The SMILES string of the molecule is COC(=O)/C=C/C1C2CCC(C2)C1(C)C. The van der Waals surface area contributed by atoms with Gasteiger partial charge in [-0.25, -0.2) is 4.79 Å². The Bertz CT molecular complexity index is 291. The van der Waals surface area contributed by atoms with E-state index < -0.39 is 0 Å². The van der Waals surface area contributed by atoms with Crippen LogP contribution in [0.4, 0.5) is 0 Å².